The number of carbonyl (C=O) groups excluding carboxylic acids is 1. The predicted molar refractivity (Wildman–Crippen MR) is 127 cm³/mol. The molecule has 2 aliphatic heterocycles. The summed E-state index contributed by atoms with van der Waals surface area (Å²) < 4.78 is 58.0. The number of rotatable bonds is 5. The van der Waals surface area contributed by atoms with Gasteiger partial charge in [0.1, 0.15) is 40.1 Å². The highest BCUT2D eigenvalue weighted by molar-refractivity contribution is 8.29. The van der Waals surface area contributed by atoms with Crippen LogP contribution in [0.4, 0.5) is 19.0 Å². The SMILES string of the molecule is CC1(c2nc(NC(=O)c3ccc(OC(F)F)cn3)ccc2F)CS2(O)NCCCCC2(C)C(N)=N1. The lowest BCUT2D eigenvalue weighted by molar-refractivity contribution is -0.0500. The molecule has 0 spiro atoms. The molecular formula is C22H27F3N6O3S. The summed E-state index contributed by atoms with van der Waals surface area (Å²) in [5.41, 5.74) is 4.94. The second kappa shape index (κ2) is 9.28. The summed E-state index contributed by atoms with van der Waals surface area (Å²) in [7, 11) is -2.51. The molecule has 0 radical (unpaired) electrons. The molecule has 1 amide bonds. The smallest absolute Gasteiger partial charge is 0.387 e. The molecule has 9 nitrogen and oxygen atoms in total. The minimum atomic E-state index is -3.01. The van der Waals surface area contributed by atoms with Crippen molar-refractivity contribution in [2.75, 3.05) is 17.6 Å². The Hall–Kier alpha value is -2.90. The Morgan fingerprint density at radius 1 is 1.29 bits per heavy atom. The highest BCUT2D eigenvalue weighted by atomic mass is 32.3. The summed E-state index contributed by atoms with van der Waals surface area (Å²) in [5, 5.41) is 2.52. The number of hydrogen-bond acceptors (Lipinski definition) is 8. The van der Waals surface area contributed by atoms with Gasteiger partial charge in [-0.2, -0.15) is 8.78 Å². The maximum atomic E-state index is 15.0. The van der Waals surface area contributed by atoms with Crippen molar-refractivity contribution in [2.24, 2.45) is 10.7 Å². The van der Waals surface area contributed by atoms with Gasteiger partial charge in [0.2, 0.25) is 0 Å². The van der Waals surface area contributed by atoms with Crippen LogP contribution in [0.3, 0.4) is 0 Å². The molecular weight excluding hydrogens is 485 g/mol. The average Bonchev–Trinajstić information content (AvgIpc) is 2.93. The number of amidine groups is 1. The fourth-order valence-electron chi connectivity index (χ4n) is 4.37. The van der Waals surface area contributed by atoms with Crippen molar-refractivity contribution < 1.29 is 27.3 Å². The second-order valence-electron chi connectivity index (χ2n) is 8.94. The first-order valence-electron chi connectivity index (χ1n) is 11.0. The van der Waals surface area contributed by atoms with E-state index in [0.29, 0.717) is 13.0 Å². The van der Waals surface area contributed by atoms with Crippen molar-refractivity contribution in [3.63, 3.8) is 0 Å². The molecule has 0 bridgehead atoms. The first-order chi connectivity index (χ1) is 16.5. The summed E-state index contributed by atoms with van der Waals surface area (Å²) in [4.78, 5) is 25.3. The number of fused-ring (bicyclic) bond motifs is 1. The maximum Gasteiger partial charge on any atom is 0.387 e. The highest BCUT2D eigenvalue weighted by Gasteiger charge is 2.55. The summed E-state index contributed by atoms with van der Waals surface area (Å²) in [6, 6.07) is 4.82. The fraction of sp³-hybridized carbons (Fsp3) is 0.455. The number of pyridine rings is 2. The van der Waals surface area contributed by atoms with Crippen LogP contribution in [0.25, 0.3) is 0 Å². The van der Waals surface area contributed by atoms with E-state index in [1.165, 1.54) is 18.2 Å². The average molecular weight is 513 g/mol. The van der Waals surface area contributed by atoms with Gasteiger partial charge in [-0.3, -0.25) is 14.5 Å². The van der Waals surface area contributed by atoms with E-state index in [9.17, 15) is 22.5 Å². The van der Waals surface area contributed by atoms with Crippen LogP contribution in [-0.4, -0.2) is 49.9 Å². The molecule has 13 heteroatoms. The Morgan fingerprint density at radius 2 is 2.06 bits per heavy atom. The molecule has 2 aliphatic rings. The van der Waals surface area contributed by atoms with Gasteiger partial charge in [-0.25, -0.2) is 14.4 Å². The molecule has 3 atom stereocenters. The Balaban J connectivity index is 1.61. The van der Waals surface area contributed by atoms with Crippen LogP contribution in [0.1, 0.15) is 49.3 Å². The third-order valence-electron chi connectivity index (χ3n) is 6.36. The number of aromatic nitrogens is 2. The topological polar surface area (TPSA) is 135 Å². The van der Waals surface area contributed by atoms with Crippen LogP contribution in [0.5, 0.6) is 5.75 Å². The molecule has 2 aromatic rings. The van der Waals surface area contributed by atoms with Gasteiger partial charge in [0.05, 0.1) is 10.9 Å². The number of ether oxygens (including phenoxy) is 1. The van der Waals surface area contributed by atoms with E-state index in [1.54, 1.807) is 6.92 Å². The summed E-state index contributed by atoms with van der Waals surface area (Å²) in [6.45, 7) is 1.13. The van der Waals surface area contributed by atoms with E-state index in [0.717, 1.165) is 25.1 Å². The highest BCUT2D eigenvalue weighted by Crippen LogP contribution is 2.61. The quantitative estimate of drug-likeness (QED) is 0.479. The first-order valence-corrected chi connectivity index (χ1v) is 12.7. The number of nitrogens with zero attached hydrogens (tertiary/aromatic N) is 3. The third kappa shape index (κ3) is 4.80. The predicted octanol–water partition coefficient (Wildman–Crippen LogP) is 3.78. The van der Waals surface area contributed by atoms with Gasteiger partial charge in [-0.05, 0) is 51.0 Å². The van der Waals surface area contributed by atoms with Crippen molar-refractivity contribution in [1.29, 1.82) is 0 Å². The summed E-state index contributed by atoms with van der Waals surface area (Å²) in [6.07, 6.45) is 3.41. The molecule has 0 aliphatic carbocycles. The van der Waals surface area contributed by atoms with Gasteiger partial charge in [0.25, 0.3) is 5.91 Å². The zero-order valence-corrected chi connectivity index (χ0v) is 20.0. The number of nitrogens with two attached hydrogens (primary N) is 1. The maximum absolute atomic E-state index is 15.0. The fourth-order valence-corrected chi connectivity index (χ4v) is 7.48. The van der Waals surface area contributed by atoms with Gasteiger partial charge in [0.15, 0.2) is 0 Å². The van der Waals surface area contributed by atoms with Gasteiger partial charge >= 0.3 is 6.61 Å². The zero-order valence-electron chi connectivity index (χ0n) is 19.2. The van der Waals surface area contributed by atoms with E-state index in [1.807, 2.05) is 6.92 Å². The Bertz CT molecular complexity index is 1150. The van der Waals surface area contributed by atoms with E-state index < -0.39 is 39.1 Å². The molecule has 0 saturated carbocycles. The van der Waals surface area contributed by atoms with E-state index in [4.69, 9.17) is 5.73 Å². The van der Waals surface area contributed by atoms with Crippen LogP contribution in [-0.2, 0) is 5.54 Å². The van der Waals surface area contributed by atoms with Gasteiger partial charge in [0, 0.05) is 12.3 Å². The molecule has 2 aromatic heterocycles. The molecule has 4 heterocycles. The van der Waals surface area contributed by atoms with Crippen LogP contribution in [0.2, 0.25) is 0 Å². The van der Waals surface area contributed by atoms with Crippen molar-refractivity contribution in [3.8, 4) is 5.75 Å². The molecule has 35 heavy (non-hydrogen) atoms. The summed E-state index contributed by atoms with van der Waals surface area (Å²) >= 11 is 0. The number of aliphatic imine (C=N–C) groups is 1. The Morgan fingerprint density at radius 3 is 2.74 bits per heavy atom. The van der Waals surface area contributed by atoms with Crippen molar-refractivity contribution in [1.82, 2.24) is 14.7 Å². The van der Waals surface area contributed by atoms with E-state index in [-0.39, 0.29) is 34.5 Å². The molecule has 3 unspecified atom stereocenters. The van der Waals surface area contributed by atoms with E-state index in [2.05, 4.69) is 29.7 Å². The minimum Gasteiger partial charge on any atom is -0.433 e. The summed E-state index contributed by atoms with van der Waals surface area (Å²) in [5.74, 6) is -1.17. The molecule has 4 rings (SSSR count). The monoisotopic (exact) mass is 512 g/mol. The zero-order chi connectivity index (χ0) is 25.4. The largest absolute Gasteiger partial charge is 0.433 e. The number of amides is 1. The second-order valence-corrected chi connectivity index (χ2v) is 11.8. The number of halogens is 3. The molecule has 1 saturated heterocycles. The lowest BCUT2D eigenvalue weighted by atomic mass is 9.96. The normalized spacial score (nSPS) is 30.4. The lowest BCUT2D eigenvalue weighted by Crippen LogP contribution is -2.57. The van der Waals surface area contributed by atoms with Crippen molar-refractivity contribution in [3.05, 3.63) is 47.7 Å². The van der Waals surface area contributed by atoms with Crippen LogP contribution >= 0.6 is 10.5 Å². The third-order valence-corrected chi connectivity index (χ3v) is 9.92. The Kier molecular flexibility index (Phi) is 6.68. The van der Waals surface area contributed by atoms with Gasteiger partial charge in [-0.15, -0.1) is 0 Å². The number of nitrogens with one attached hydrogen (secondary N) is 2. The van der Waals surface area contributed by atoms with E-state index >= 15 is 0 Å². The number of hydrogen-bond donors (Lipinski definition) is 4. The number of anilines is 1. The van der Waals surface area contributed by atoms with Crippen molar-refractivity contribution in [2.45, 2.75) is 50.0 Å². The molecule has 1 fully saturated rings. The van der Waals surface area contributed by atoms with Crippen LogP contribution < -0.4 is 20.5 Å². The van der Waals surface area contributed by atoms with Crippen LogP contribution in [0, 0.1) is 5.82 Å². The molecule has 190 valence electrons. The molecule has 0 aromatic carbocycles. The minimum absolute atomic E-state index is 0.0280. The molecule has 5 N–H and O–H groups in total. The number of carbonyl (C=O) groups is 1. The standard InChI is InChI=1S/C22H27F3N6O3S/c1-21(12-35(33)22(2,19(26)31-21)9-3-4-10-28-35)17-14(23)6-8-16(29-17)30-18(32)15-7-5-13(11-27-15)34-20(24)25/h5-8,11,20,28,33H,3-4,9-10,12H2,1-2H3,(H2,26,31)(H,29,30,32). The van der Waals surface area contributed by atoms with Gasteiger partial charge in [-0.1, -0.05) is 16.9 Å². The van der Waals surface area contributed by atoms with Gasteiger partial charge < -0.3 is 20.3 Å². The number of alkyl halides is 2. The van der Waals surface area contributed by atoms with Crippen LogP contribution in [0.15, 0.2) is 35.5 Å². The first kappa shape index (κ1) is 25.2. The lowest BCUT2D eigenvalue weighted by Gasteiger charge is -2.54. The van der Waals surface area contributed by atoms with Crippen molar-refractivity contribution >= 4 is 28.1 Å². The Labute approximate surface area is 202 Å².